The van der Waals surface area contributed by atoms with Crippen LogP contribution in [0, 0.1) is 0 Å². The topological polar surface area (TPSA) is 109 Å². The second-order valence-electron chi connectivity index (χ2n) is 5.93. The molecule has 0 aliphatic heterocycles. The van der Waals surface area contributed by atoms with Crippen LogP contribution in [0.2, 0.25) is 0 Å². The average molecular weight is 310 g/mol. The molecule has 0 saturated heterocycles. The number of aromatic nitrogens is 1. The predicted octanol–water partition coefficient (Wildman–Crippen LogP) is 1.20. The van der Waals surface area contributed by atoms with Crippen LogP contribution in [0.25, 0.3) is 0 Å². The Morgan fingerprint density at radius 1 is 1.32 bits per heavy atom. The van der Waals surface area contributed by atoms with Gasteiger partial charge in [0.05, 0.1) is 0 Å². The third-order valence-corrected chi connectivity index (χ3v) is 2.71. The zero-order valence-electron chi connectivity index (χ0n) is 13.2. The van der Waals surface area contributed by atoms with Gasteiger partial charge in [-0.25, -0.2) is 4.79 Å². The molecule has 22 heavy (non-hydrogen) atoms. The number of alkyl carbamates (subject to hydrolysis) is 1. The fraction of sp³-hybridized carbons (Fsp3) is 0.533. The van der Waals surface area contributed by atoms with Gasteiger partial charge in [-0.15, -0.1) is 0 Å². The molecule has 3 N–H and O–H groups in total. The minimum Gasteiger partial charge on any atom is -0.444 e. The number of rotatable bonds is 5. The number of aliphatic hydroxyl groups is 2. The smallest absolute Gasteiger partial charge is 0.407 e. The van der Waals surface area contributed by atoms with E-state index < -0.39 is 23.9 Å². The fourth-order valence-electron chi connectivity index (χ4n) is 1.62. The molecule has 1 amide bonds. The number of ether oxygens (including phenoxy) is 1. The van der Waals surface area contributed by atoms with E-state index in [9.17, 15) is 19.8 Å². The summed E-state index contributed by atoms with van der Waals surface area (Å²) in [6.07, 6.45) is -1.82. The molecule has 2 unspecified atom stereocenters. The highest BCUT2D eigenvalue weighted by atomic mass is 16.6. The van der Waals surface area contributed by atoms with E-state index in [1.807, 2.05) is 0 Å². The van der Waals surface area contributed by atoms with Crippen LogP contribution >= 0.6 is 0 Å². The minimum atomic E-state index is -1.23. The van der Waals surface area contributed by atoms with Gasteiger partial charge in [0.15, 0.2) is 5.78 Å². The van der Waals surface area contributed by atoms with Crippen LogP contribution in [0.15, 0.2) is 18.3 Å². The molecule has 0 bridgehead atoms. The monoisotopic (exact) mass is 310 g/mol. The Labute approximate surface area is 129 Å². The molecule has 0 aliphatic rings. The van der Waals surface area contributed by atoms with Gasteiger partial charge in [-0.3, -0.25) is 9.78 Å². The van der Waals surface area contributed by atoms with Crippen molar-refractivity contribution in [3.63, 3.8) is 0 Å². The summed E-state index contributed by atoms with van der Waals surface area (Å²) in [4.78, 5) is 26.5. The van der Waals surface area contributed by atoms with Gasteiger partial charge in [0.25, 0.3) is 0 Å². The zero-order chi connectivity index (χ0) is 16.9. The average Bonchev–Trinajstić information content (AvgIpc) is 2.42. The van der Waals surface area contributed by atoms with E-state index in [0.29, 0.717) is 5.56 Å². The summed E-state index contributed by atoms with van der Waals surface area (Å²) < 4.78 is 5.02. The number of Topliss-reactive ketones (excluding diaryl/α,β-unsaturated/α-hetero) is 1. The van der Waals surface area contributed by atoms with Gasteiger partial charge in [-0.05, 0) is 26.8 Å². The molecule has 0 spiro atoms. The number of hydrogen-bond donors (Lipinski definition) is 3. The SMILES string of the molecule is CC(=O)c1ccc(C(O)C(O)CNC(=O)OC(C)(C)C)cn1. The van der Waals surface area contributed by atoms with E-state index >= 15 is 0 Å². The van der Waals surface area contributed by atoms with Gasteiger partial charge < -0.3 is 20.3 Å². The Bertz CT molecular complexity index is 522. The Morgan fingerprint density at radius 2 is 1.95 bits per heavy atom. The lowest BCUT2D eigenvalue weighted by Gasteiger charge is -2.22. The highest BCUT2D eigenvalue weighted by molar-refractivity contribution is 5.91. The van der Waals surface area contributed by atoms with E-state index in [1.165, 1.54) is 25.3 Å². The molecule has 2 atom stereocenters. The molecule has 0 aliphatic carbocycles. The summed E-state index contributed by atoms with van der Waals surface area (Å²) in [6, 6.07) is 2.97. The molecule has 122 valence electrons. The normalized spacial score (nSPS) is 14.1. The van der Waals surface area contributed by atoms with Gasteiger partial charge in [0.1, 0.15) is 23.5 Å². The lowest BCUT2D eigenvalue weighted by atomic mass is 10.1. The molecule has 1 aromatic heterocycles. The first kappa shape index (κ1) is 18.1. The third kappa shape index (κ3) is 5.79. The molecule has 7 heteroatoms. The molecule has 0 radical (unpaired) electrons. The number of nitrogens with one attached hydrogen (secondary N) is 1. The lowest BCUT2D eigenvalue weighted by Crippen LogP contribution is -2.38. The van der Waals surface area contributed by atoms with Gasteiger partial charge in [0.2, 0.25) is 0 Å². The first-order chi connectivity index (χ1) is 10.1. The van der Waals surface area contributed by atoms with Crippen molar-refractivity contribution in [2.75, 3.05) is 6.54 Å². The summed E-state index contributed by atoms with van der Waals surface area (Å²) in [5.41, 5.74) is -0.0130. The van der Waals surface area contributed by atoms with Crippen molar-refractivity contribution < 1.29 is 24.5 Å². The molecule has 1 rings (SSSR count). The van der Waals surface area contributed by atoms with E-state index in [4.69, 9.17) is 4.74 Å². The van der Waals surface area contributed by atoms with Crippen LogP contribution in [0.4, 0.5) is 4.79 Å². The maximum absolute atomic E-state index is 11.5. The van der Waals surface area contributed by atoms with Gasteiger partial charge in [-0.1, -0.05) is 6.07 Å². The van der Waals surface area contributed by atoms with E-state index in [1.54, 1.807) is 20.8 Å². The number of pyridine rings is 1. The van der Waals surface area contributed by atoms with Crippen LogP contribution < -0.4 is 5.32 Å². The Morgan fingerprint density at radius 3 is 2.41 bits per heavy atom. The molecular weight excluding hydrogens is 288 g/mol. The number of amides is 1. The summed E-state index contributed by atoms with van der Waals surface area (Å²) in [7, 11) is 0. The Balaban J connectivity index is 2.56. The van der Waals surface area contributed by atoms with Crippen molar-refractivity contribution >= 4 is 11.9 Å². The van der Waals surface area contributed by atoms with Crippen LogP contribution in [-0.4, -0.2) is 45.3 Å². The van der Waals surface area contributed by atoms with Crippen molar-refractivity contribution in [1.82, 2.24) is 10.3 Å². The van der Waals surface area contributed by atoms with Crippen LogP contribution in [-0.2, 0) is 4.74 Å². The molecular formula is C15H22N2O5. The molecule has 0 fully saturated rings. The van der Waals surface area contributed by atoms with E-state index in [0.717, 1.165) is 0 Å². The van der Waals surface area contributed by atoms with Crippen molar-refractivity contribution in [3.05, 3.63) is 29.6 Å². The van der Waals surface area contributed by atoms with Crippen molar-refractivity contribution in [2.24, 2.45) is 0 Å². The number of ketones is 1. The molecule has 1 heterocycles. The number of nitrogens with zero attached hydrogens (tertiary/aromatic N) is 1. The summed E-state index contributed by atoms with van der Waals surface area (Å²) >= 11 is 0. The number of hydrogen-bond acceptors (Lipinski definition) is 6. The summed E-state index contributed by atoms with van der Waals surface area (Å²) in [6.45, 7) is 6.38. The number of aliphatic hydroxyl groups excluding tert-OH is 2. The first-order valence-corrected chi connectivity index (χ1v) is 6.90. The van der Waals surface area contributed by atoms with Crippen LogP contribution in [0.1, 0.15) is 49.9 Å². The third-order valence-electron chi connectivity index (χ3n) is 2.71. The molecule has 0 aromatic carbocycles. The van der Waals surface area contributed by atoms with Crippen molar-refractivity contribution in [1.29, 1.82) is 0 Å². The highest BCUT2D eigenvalue weighted by Gasteiger charge is 2.21. The van der Waals surface area contributed by atoms with Crippen molar-refractivity contribution in [3.8, 4) is 0 Å². The second-order valence-corrected chi connectivity index (χ2v) is 5.93. The molecule has 7 nitrogen and oxygen atoms in total. The Kier molecular flexibility index (Phi) is 6.01. The Hall–Kier alpha value is -1.99. The molecule has 0 saturated carbocycles. The van der Waals surface area contributed by atoms with E-state index in [2.05, 4.69) is 10.3 Å². The standard InChI is InChI=1S/C15H22N2O5/c1-9(18)11-6-5-10(7-16-11)13(20)12(19)8-17-14(21)22-15(2,3)4/h5-7,12-13,19-20H,8H2,1-4H3,(H,17,21). The molecule has 1 aromatic rings. The second kappa shape index (κ2) is 7.33. The first-order valence-electron chi connectivity index (χ1n) is 6.90. The minimum absolute atomic E-state index is 0.176. The fourth-order valence-corrected chi connectivity index (χ4v) is 1.62. The van der Waals surface area contributed by atoms with Gasteiger partial charge in [0, 0.05) is 25.2 Å². The number of carbonyl (C=O) groups is 2. The summed E-state index contributed by atoms with van der Waals surface area (Å²) in [5.74, 6) is -0.187. The van der Waals surface area contributed by atoms with Gasteiger partial charge >= 0.3 is 6.09 Å². The maximum atomic E-state index is 11.5. The van der Waals surface area contributed by atoms with Crippen LogP contribution in [0.3, 0.4) is 0 Å². The lowest BCUT2D eigenvalue weighted by molar-refractivity contribution is 0.0127. The zero-order valence-corrected chi connectivity index (χ0v) is 13.2. The maximum Gasteiger partial charge on any atom is 0.407 e. The largest absolute Gasteiger partial charge is 0.444 e. The number of carbonyl (C=O) groups excluding carboxylic acids is 2. The van der Waals surface area contributed by atoms with Crippen molar-refractivity contribution in [2.45, 2.75) is 45.5 Å². The summed E-state index contributed by atoms with van der Waals surface area (Å²) in [5, 5.41) is 22.3. The van der Waals surface area contributed by atoms with Gasteiger partial charge in [-0.2, -0.15) is 0 Å². The predicted molar refractivity (Wildman–Crippen MR) is 79.4 cm³/mol. The highest BCUT2D eigenvalue weighted by Crippen LogP contribution is 2.16. The van der Waals surface area contributed by atoms with Crippen LogP contribution in [0.5, 0.6) is 0 Å². The van der Waals surface area contributed by atoms with E-state index in [-0.39, 0.29) is 18.0 Å². The quantitative estimate of drug-likeness (QED) is 0.705.